The summed E-state index contributed by atoms with van der Waals surface area (Å²) >= 11 is 0. The van der Waals surface area contributed by atoms with E-state index >= 15 is 0 Å². The summed E-state index contributed by atoms with van der Waals surface area (Å²) in [5.41, 5.74) is 10.4. The van der Waals surface area contributed by atoms with Crippen molar-refractivity contribution in [1.82, 2.24) is 5.32 Å². The van der Waals surface area contributed by atoms with Crippen molar-refractivity contribution < 1.29 is 0 Å². The topological polar surface area (TPSA) is 15.3 Å². The second-order valence-electron chi connectivity index (χ2n) is 11.8. The molecule has 1 fully saturated rings. The van der Waals surface area contributed by atoms with Crippen LogP contribution in [0.2, 0.25) is 0 Å². The fraction of sp³-hybridized carbons (Fsp3) is 0.500. The Kier molecular flexibility index (Phi) is 9.57. The molecule has 0 bridgehead atoms. The van der Waals surface area contributed by atoms with E-state index < -0.39 is 0 Å². The third kappa shape index (κ3) is 6.89. The lowest BCUT2D eigenvalue weighted by Gasteiger charge is -2.34. The van der Waals surface area contributed by atoms with Crippen LogP contribution in [0.4, 0.5) is 5.69 Å². The number of anilines is 1. The zero-order chi connectivity index (χ0) is 26.2. The summed E-state index contributed by atoms with van der Waals surface area (Å²) in [6.45, 7) is 9.27. The van der Waals surface area contributed by atoms with E-state index in [0.29, 0.717) is 11.8 Å². The highest BCUT2D eigenvalue weighted by atomic mass is 15.1. The Labute approximate surface area is 231 Å². The van der Waals surface area contributed by atoms with Crippen molar-refractivity contribution in [2.75, 3.05) is 31.1 Å². The normalized spacial score (nSPS) is 19.4. The van der Waals surface area contributed by atoms with Crippen molar-refractivity contribution in [2.24, 2.45) is 5.92 Å². The average molecular weight is 509 g/mol. The maximum atomic E-state index is 3.70. The number of benzene rings is 3. The maximum Gasteiger partial charge on any atom is 0.0401 e. The number of nitrogens with zero attached hydrogens (tertiary/aromatic N) is 1. The number of aryl methyl sites for hydroxylation is 3. The van der Waals surface area contributed by atoms with Crippen LogP contribution in [-0.2, 0) is 25.7 Å². The van der Waals surface area contributed by atoms with Gasteiger partial charge in [0.05, 0.1) is 0 Å². The first kappa shape index (κ1) is 27.0. The van der Waals surface area contributed by atoms with Gasteiger partial charge in [-0.05, 0) is 116 Å². The fourth-order valence-electron chi connectivity index (χ4n) is 6.73. The van der Waals surface area contributed by atoms with E-state index in [-0.39, 0.29) is 0 Å². The van der Waals surface area contributed by atoms with Gasteiger partial charge < -0.3 is 10.2 Å². The number of piperidine rings is 1. The van der Waals surface area contributed by atoms with Gasteiger partial charge in [-0.15, -0.1) is 0 Å². The zero-order valence-electron chi connectivity index (χ0n) is 23.9. The zero-order valence-corrected chi connectivity index (χ0v) is 23.9. The van der Waals surface area contributed by atoms with Crippen LogP contribution in [-0.4, -0.2) is 26.2 Å². The molecule has 0 spiro atoms. The highest BCUT2D eigenvalue weighted by Crippen LogP contribution is 2.35. The first-order valence-corrected chi connectivity index (χ1v) is 15.5. The van der Waals surface area contributed by atoms with Crippen LogP contribution >= 0.6 is 0 Å². The van der Waals surface area contributed by atoms with Gasteiger partial charge in [-0.3, -0.25) is 0 Å². The Morgan fingerprint density at radius 3 is 2.55 bits per heavy atom. The van der Waals surface area contributed by atoms with E-state index in [1.807, 2.05) is 0 Å². The summed E-state index contributed by atoms with van der Waals surface area (Å²) in [4.78, 5) is 2.67. The second-order valence-corrected chi connectivity index (χ2v) is 11.8. The molecule has 0 radical (unpaired) electrons. The Morgan fingerprint density at radius 1 is 0.868 bits per heavy atom. The molecule has 38 heavy (non-hydrogen) atoms. The third-order valence-electron chi connectivity index (χ3n) is 9.02. The predicted molar refractivity (Wildman–Crippen MR) is 164 cm³/mol. The van der Waals surface area contributed by atoms with E-state index in [2.05, 4.69) is 90.8 Å². The lowest BCUT2D eigenvalue weighted by atomic mass is 9.78. The van der Waals surface area contributed by atoms with Gasteiger partial charge in [0.2, 0.25) is 0 Å². The van der Waals surface area contributed by atoms with Crippen LogP contribution in [0.15, 0.2) is 66.7 Å². The molecule has 5 rings (SSSR count). The van der Waals surface area contributed by atoms with Crippen molar-refractivity contribution in [2.45, 2.75) is 84.0 Å². The van der Waals surface area contributed by atoms with Crippen LogP contribution < -0.4 is 10.2 Å². The minimum absolute atomic E-state index is 0.664. The molecule has 1 N–H and O–H groups in total. The third-order valence-corrected chi connectivity index (χ3v) is 9.02. The number of rotatable bonds is 11. The van der Waals surface area contributed by atoms with Gasteiger partial charge in [-0.2, -0.15) is 0 Å². The van der Waals surface area contributed by atoms with Crippen LogP contribution in [0.3, 0.4) is 0 Å². The molecule has 2 heteroatoms. The molecule has 2 aliphatic heterocycles. The van der Waals surface area contributed by atoms with Crippen LogP contribution in [0, 0.1) is 5.92 Å². The number of nitrogens with one attached hydrogen (secondary N) is 1. The monoisotopic (exact) mass is 508 g/mol. The van der Waals surface area contributed by atoms with Gasteiger partial charge in [0.15, 0.2) is 0 Å². The summed E-state index contributed by atoms with van der Waals surface area (Å²) in [7, 11) is 0. The summed E-state index contributed by atoms with van der Waals surface area (Å²) in [6.07, 6.45) is 12.3. The quantitative estimate of drug-likeness (QED) is 0.263. The molecule has 3 aromatic rings. The smallest absolute Gasteiger partial charge is 0.0401 e. The SMILES string of the molecule is CCCCCN1CCCc2ccc(CC[C@H]3CNCC[C@@H]3c3ccc(Cc4cccc(CC)c4)cc3)cc21. The van der Waals surface area contributed by atoms with Gasteiger partial charge in [0.1, 0.15) is 0 Å². The van der Waals surface area contributed by atoms with Gasteiger partial charge in [-0.1, -0.05) is 87.4 Å². The number of hydrogen-bond acceptors (Lipinski definition) is 2. The summed E-state index contributed by atoms with van der Waals surface area (Å²) in [5, 5.41) is 3.70. The molecule has 0 aromatic heterocycles. The van der Waals surface area contributed by atoms with Crippen LogP contribution in [0.5, 0.6) is 0 Å². The Balaban J connectivity index is 1.22. The van der Waals surface area contributed by atoms with E-state index in [4.69, 9.17) is 0 Å². The lowest BCUT2D eigenvalue weighted by Crippen LogP contribution is -2.35. The molecular weight excluding hydrogens is 460 g/mol. The van der Waals surface area contributed by atoms with Gasteiger partial charge in [0, 0.05) is 18.8 Å². The van der Waals surface area contributed by atoms with Crippen molar-refractivity contribution in [1.29, 1.82) is 0 Å². The molecule has 0 aliphatic carbocycles. The summed E-state index contributed by atoms with van der Waals surface area (Å²) < 4.78 is 0. The second kappa shape index (κ2) is 13.5. The summed E-state index contributed by atoms with van der Waals surface area (Å²) in [6, 6.07) is 26.1. The van der Waals surface area contributed by atoms with E-state index in [1.54, 1.807) is 5.56 Å². The van der Waals surface area contributed by atoms with Gasteiger partial charge in [-0.25, -0.2) is 0 Å². The number of fused-ring (bicyclic) bond motifs is 1. The summed E-state index contributed by atoms with van der Waals surface area (Å²) in [5.74, 6) is 1.37. The molecule has 0 unspecified atom stereocenters. The highest BCUT2D eigenvalue weighted by molar-refractivity contribution is 5.57. The highest BCUT2D eigenvalue weighted by Gasteiger charge is 2.26. The Hall–Kier alpha value is -2.58. The largest absolute Gasteiger partial charge is 0.371 e. The molecule has 0 amide bonds. The molecule has 3 aromatic carbocycles. The van der Waals surface area contributed by atoms with E-state index in [1.165, 1.54) is 98.0 Å². The fourth-order valence-corrected chi connectivity index (χ4v) is 6.73. The molecule has 2 heterocycles. The van der Waals surface area contributed by atoms with E-state index in [9.17, 15) is 0 Å². The lowest BCUT2D eigenvalue weighted by molar-refractivity contribution is 0.309. The average Bonchev–Trinajstić information content (AvgIpc) is 2.97. The number of hydrogen-bond donors (Lipinski definition) is 1. The first-order chi connectivity index (χ1) is 18.7. The van der Waals surface area contributed by atoms with Crippen LogP contribution in [0.25, 0.3) is 0 Å². The standard InChI is InChI=1S/C36H48N2/c1-3-5-6-22-38-23-8-11-33-18-14-30(26-36(33)38)15-19-34-27-37-21-20-35(34)32-16-12-29(13-17-32)25-31-10-7-9-28(4-2)24-31/h7,9-10,12-14,16-18,24,26,34-35,37H,3-6,8,11,15,19-23,25,27H2,1-2H3/t34-,35+/m0/s1. The van der Waals surface area contributed by atoms with Gasteiger partial charge in [0.25, 0.3) is 0 Å². The number of unbranched alkanes of at least 4 members (excludes halogenated alkanes) is 2. The molecule has 2 aliphatic rings. The van der Waals surface area contributed by atoms with Crippen LogP contribution in [0.1, 0.15) is 91.7 Å². The van der Waals surface area contributed by atoms with Crippen molar-refractivity contribution in [3.05, 3.63) is 100 Å². The Bertz CT molecular complexity index is 1150. The van der Waals surface area contributed by atoms with Crippen molar-refractivity contribution >= 4 is 5.69 Å². The predicted octanol–water partition coefficient (Wildman–Crippen LogP) is 8.11. The maximum absolute atomic E-state index is 3.70. The molecule has 202 valence electrons. The van der Waals surface area contributed by atoms with Gasteiger partial charge >= 0.3 is 0 Å². The first-order valence-electron chi connectivity index (χ1n) is 15.5. The molecule has 2 nitrogen and oxygen atoms in total. The van der Waals surface area contributed by atoms with Crippen molar-refractivity contribution in [3.8, 4) is 0 Å². The molecule has 2 atom stereocenters. The Morgan fingerprint density at radius 2 is 1.71 bits per heavy atom. The minimum atomic E-state index is 0.664. The van der Waals surface area contributed by atoms with Crippen molar-refractivity contribution in [3.63, 3.8) is 0 Å². The molecule has 0 saturated carbocycles. The minimum Gasteiger partial charge on any atom is -0.371 e. The molecular formula is C36H48N2. The molecule has 1 saturated heterocycles. The van der Waals surface area contributed by atoms with E-state index in [0.717, 1.165) is 25.9 Å².